The normalized spacial score (nSPS) is 14.9. The summed E-state index contributed by atoms with van der Waals surface area (Å²) < 4.78 is 2.59. The number of hydrogen-bond donors (Lipinski definition) is 1. The van der Waals surface area contributed by atoms with Gasteiger partial charge in [-0.25, -0.2) is 0 Å². The van der Waals surface area contributed by atoms with Crippen LogP contribution in [0.5, 0.6) is 0 Å². The van der Waals surface area contributed by atoms with Crippen LogP contribution in [-0.4, -0.2) is 41.6 Å². The summed E-state index contributed by atoms with van der Waals surface area (Å²) in [4.78, 5) is 0. The number of likely N-dealkylation sites (N-methyl/N-ethyl adjacent to an activating group) is 1. The summed E-state index contributed by atoms with van der Waals surface area (Å²) in [6, 6.07) is 0.680. The van der Waals surface area contributed by atoms with Gasteiger partial charge in [0, 0.05) is 6.54 Å². The second-order valence-corrected chi connectivity index (χ2v) is 14.6. The number of hydrazine groups is 1. The van der Waals surface area contributed by atoms with E-state index >= 15 is 0 Å². The number of amidine groups is 1. The molecule has 1 rings (SSSR count). The highest BCUT2D eigenvalue weighted by Crippen LogP contribution is 2.17. The van der Waals surface area contributed by atoms with Crippen LogP contribution in [0.15, 0.2) is 0 Å². The van der Waals surface area contributed by atoms with Crippen LogP contribution < -0.4 is 17.8 Å². The number of rotatable bonds is 35. The Bertz CT molecular complexity index is 622. The van der Waals surface area contributed by atoms with Gasteiger partial charge in [-0.1, -0.05) is 207 Å². The van der Waals surface area contributed by atoms with Crippen molar-refractivity contribution >= 4 is 5.84 Å². The molecule has 0 bridgehead atoms. The van der Waals surface area contributed by atoms with Crippen molar-refractivity contribution in [2.75, 3.05) is 20.1 Å². The molecule has 4 heteroatoms. The van der Waals surface area contributed by atoms with Gasteiger partial charge >= 0.3 is 0 Å². The third-order valence-corrected chi connectivity index (χ3v) is 10.5. The van der Waals surface area contributed by atoms with Crippen molar-refractivity contribution in [3.05, 3.63) is 0 Å². The maximum absolute atomic E-state index is 3.83. The van der Waals surface area contributed by atoms with Crippen molar-refractivity contribution in [3.63, 3.8) is 0 Å². The Morgan fingerprint density at radius 2 is 0.800 bits per heavy atom. The van der Waals surface area contributed by atoms with E-state index in [9.17, 15) is 0 Å². The number of halogens is 1. The average molecular weight is 655 g/mol. The maximum atomic E-state index is 3.83. The standard InChI is InChI=1S/C41H84N3.ClH/c1-5-8-10-12-14-16-18-20-22-24-26-28-30-32-34-36-38-42-44-39-40(7-3)43(4)41(44)37-35-33-31-29-27-25-23-21-19-17-15-13-11-9-6-2;/h40,42H,5-39H2,1-4H3;1H/q+1;/p-1. The smallest absolute Gasteiger partial charge is 0.265 e. The van der Waals surface area contributed by atoms with E-state index in [1.807, 2.05) is 0 Å². The monoisotopic (exact) mass is 654 g/mol. The van der Waals surface area contributed by atoms with Gasteiger partial charge in [0.2, 0.25) is 0 Å². The van der Waals surface area contributed by atoms with Gasteiger partial charge in [-0.15, -0.1) is 0 Å². The van der Waals surface area contributed by atoms with Crippen LogP contribution in [0.4, 0.5) is 0 Å². The first-order chi connectivity index (χ1) is 21.7. The highest BCUT2D eigenvalue weighted by Gasteiger charge is 2.35. The molecule has 0 aromatic heterocycles. The van der Waals surface area contributed by atoms with Crippen molar-refractivity contribution in [3.8, 4) is 0 Å². The Morgan fingerprint density at radius 1 is 0.489 bits per heavy atom. The Labute approximate surface area is 291 Å². The lowest BCUT2D eigenvalue weighted by Crippen LogP contribution is -3.00. The number of nitrogens with one attached hydrogen (secondary N) is 1. The van der Waals surface area contributed by atoms with Crippen molar-refractivity contribution in [2.45, 2.75) is 239 Å². The summed E-state index contributed by atoms with van der Waals surface area (Å²) in [5, 5.41) is 2.53. The molecule has 0 amide bonds. The molecule has 0 aliphatic carbocycles. The molecule has 0 fully saturated rings. The zero-order chi connectivity index (χ0) is 31.8. The Kier molecular flexibility index (Phi) is 34.8. The lowest BCUT2D eigenvalue weighted by atomic mass is 10.0. The quantitative estimate of drug-likeness (QED) is 0.0542. The highest BCUT2D eigenvalue weighted by molar-refractivity contribution is 5.78. The van der Waals surface area contributed by atoms with Crippen molar-refractivity contribution in [2.24, 2.45) is 0 Å². The Hall–Kier alpha value is -0.280. The van der Waals surface area contributed by atoms with Gasteiger partial charge in [0.1, 0.15) is 12.6 Å². The SMILES string of the molecule is CCCCCCCCCCCCCCCCCCNN1CC(CC)[N+](C)=C1CCCCCCCCCCCCCCCCC.[Cl-]. The van der Waals surface area contributed by atoms with Gasteiger partial charge in [-0.2, -0.15) is 10.4 Å². The van der Waals surface area contributed by atoms with Crippen molar-refractivity contribution < 1.29 is 17.0 Å². The molecule has 0 saturated carbocycles. The van der Waals surface area contributed by atoms with Gasteiger partial charge < -0.3 is 12.4 Å². The molecule has 0 spiro atoms. The molecule has 0 aromatic carbocycles. The van der Waals surface area contributed by atoms with Crippen LogP contribution >= 0.6 is 0 Å². The molecule has 1 N–H and O–H groups in total. The largest absolute Gasteiger partial charge is 1.00 e. The molecule has 1 aliphatic heterocycles. The second-order valence-electron chi connectivity index (χ2n) is 14.6. The third kappa shape index (κ3) is 26.4. The number of nitrogens with zero attached hydrogens (tertiary/aromatic N) is 2. The van der Waals surface area contributed by atoms with Crippen LogP contribution in [0.25, 0.3) is 0 Å². The minimum atomic E-state index is 0. The van der Waals surface area contributed by atoms with E-state index in [1.54, 1.807) is 5.84 Å². The minimum absolute atomic E-state index is 0. The fourth-order valence-corrected chi connectivity index (χ4v) is 7.25. The van der Waals surface area contributed by atoms with Crippen molar-refractivity contribution in [1.82, 2.24) is 10.4 Å². The highest BCUT2D eigenvalue weighted by atomic mass is 35.5. The zero-order valence-corrected chi connectivity index (χ0v) is 32.4. The first kappa shape index (κ1) is 44.7. The fraction of sp³-hybridized carbons (Fsp3) is 0.976. The molecule has 1 heterocycles. The van der Waals surface area contributed by atoms with E-state index in [0.717, 1.165) is 6.54 Å². The summed E-state index contributed by atoms with van der Waals surface area (Å²) in [6.45, 7) is 9.28. The molecule has 45 heavy (non-hydrogen) atoms. The Balaban J connectivity index is 0.0000194. The van der Waals surface area contributed by atoms with Gasteiger partial charge in [-0.05, 0) is 19.3 Å². The minimum Gasteiger partial charge on any atom is -1.00 e. The first-order valence-electron chi connectivity index (χ1n) is 20.8. The van der Waals surface area contributed by atoms with Gasteiger partial charge in [0.25, 0.3) is 5.84 Å². The summed E-state index contributed by atoms with van der Waals surface area (Å²) in [5.74, 6) is 1.56. The molecule has 0 saturated heterocycles. The molecular formula is C41H84ClN3. The zero-order valence-electron chi connectivity index (χ0n) is 31.6. The molecule has 1 atom stereocenters. The molecular weight excluding hydrogens is 570 g/mol. The average Bonchev–Trinajstić information content (AvgIpc) is 3.34. The van der Waals surface area contributed by atoms with E-state index in [-0.39, 0.29) is 12.4 Å². The predicted molar refractivity (Wildman–Crippen MR) is 199 cm³/mol. The van der Waals surface area contributed by atoms with Crippen molar-refractivity contribution in [1.29, 1.82) is 0 Å². The molecule has 1 unspecified atom stereocenters. The third-order valence-electron chi connectivity index (χ3n) is 10.5. The van der Waals surface area contributed by atoms with E-state index < -0.39 is 0 Å². The summed E-state index contributed by atoms with van der Waals surface area (Å²) >= 11 is 0. The van der Waals surface area contributed by atoms with Gasteiger partial charge in [0.05, 0.1) is 13.5 Å². The molecule has 0 aromatic rings. The summed E-state index contributed by atoms with van der Waals surface area (Å²) in [7, 11) is 2.34. The summed E-state index contributed by atoms with van der Waals surface area (Å²) in [5.41, 5.74) is 3.83. The molecule has 3 nitrogen and oxygen atoms in total. The lowest BCUT2D eigenvalue weighted by Gasteiger charge is -2.14. The van der Waals surface area contributed by atoms with E-state index in [2.05, 4.69) is 42.8 Å². The van der Waals surface area contributed by atoms with Crippen LogP contribution in [0.1, 0.15) is 233 Å². The van der Waals surface area contributed by atoms with Crippen LogP contribution in [0.3, 0.4) is 0 Å². The number of hydrogen-bond acceptors (Lipinski definition) is 2. The van der Waals surface area contributed by atoms with E-state index in [4.69, 9.17) is 0 Å². The Morgan fingerprint density at radius 3 is 1.13 bits per heavy atom. The van der Waals surface area contributed by atoms with Crippen LogP contribution in [-0.2, 0) is 0 Å². The van der Waals surface area contributed by atoms with Crippen LogP contribution in [0.2, 0.25) is 0 Å². The molecule has 270 valence electrons. The maximum Gasteiger partial charge on any atom is 0.265 e. The van der Waals surface area contributed by atoms with Crippen LogP contribution in [0, 0.1) is 0 Å². The predicted octanol–water partition coefficient (Wildman–Crippen LogP) is 10.2. The fourth-order valence-electron chi connectivity index (χ4n) is 7.25. The van der Waals surface area contributed by atoms with E-state index in [1.165, 1.54) is 218 Å². The van der Waals surface area contributed by atoms with E-state index in [0.29, 0.717) is 6.04 Å². The second kappa shape index (κ2) is 35.0. The number of unbranched alkanes of at least 4 members (excludes halogenated alkanes) is 29. The lowest BCUT2D eigenvalue weighted by molar-refractivity contribution is -0.528. The van der Waals surface area contributed by atoms with Gasteiger partial charge in [0.15, 0.2) is 0 Å². The van der Waals surface area contributed by atoms with Gasteiger partial charge in [-0.3, -0.25) is 4.58 Å². The molecule has 0 radical (unpaired) electrons. The summed E-state index contributed by atoms with van der Waals surface area (Å²) in [6.07, 6.45) is 47.2. The molecule has 1 aliphatic rings. The first-order valence-corrected chi connectivity index (χ1v) is 20.8. The topological polar surface area (TPSA) is 18.3 Å².